The van der Waals surface area contributed by atoms with Gasteiger partial charge in [0.15, 0.2) is 21.7 Å². The summed E-state index contributed by atoms with van der Waals surface area (Å²) in [5.74, 6) is -0.856. The largest absolute Gasteiger partial charge is 0.464 e. The Balaban J connectivity index is 2.00. The highest BCUT2D eigenvalue weighted by Crippen LogP contribution is 2.22. The minimum absolute atomic E-state index is 0.0570. The molecule has 0 bridgehead atoms. The summed E-state index contributed by atoms with van der Waals surface area (Å²) in [6, 6.07) is 3.11. The van der Waals surface area contributed by atoms with Gasteiger partial charge in [0.2, 0.25) is 0 Å². The van der Waals surface area contributed by atoms with Gasteiger partial charge in [-0.15, -0.1) is 11.3 Å². The van der Waals surface area contributed by atoms with E-state index < -0.39 is 11.9 Å². The summed E-state index contributed by atoms with van der Waals surface area (Å²) in [7, 11) is 1.28. The van der Waals surface area contributed by atoms with Crippen molar-refractivity contribution in [2.45, 2.75) is 6.92 Å². The van der Waals surface area contributed by atoms with Crippen LogP contribution in [0.2, 0.25) is 0 Å². The van der Waals surface area contributed by atoms with E-state index in [0.29, 0.717) is 10.0 Å². The van der Waals surface area contributed by atoms with E-state index in [1.165, 1.54) is 30.8 Å². The van der Waals surface area contributed by atoms with Crippen molar-refractivity contribution in [1.29, 1.82) is 0 Å². The highest BCUT2D eigenvalue weighted by molar-refractivity contribution is 7.80. The van der Waals surface area contributed by atoms with E-state index in [0.717, 1.165) is 0 Å². The number of rotatable bonds is 3. The summed E-state index contributed by atoms with van der Waals surface area (Å²) < 4.78 is 9.55. The molecule has 0 aliphatic heterocycles. The number of nitrogens with one attached hydrogen (secondary N) is 2. The molecular weight excluding hydrogens is 314 g/mol. The van der Waals surface area contributed by atoms with E-state index in [1.54, 1.807) is 13.0 Å². The first-order valence-corrected chi connectivity index (χ1v) is 6.95. The molecule has 0 spiro atoms. The van der Waals surface area contributed by atoms with Gasteiger partial charge in [0, 0.05) is 4.88 Å². The second kappa shape index (κ2) is 6.46. The molecule has 2 aromatic heterocycles. The summed E-state index contributed by atoms with van der Waals surface area (Å²) in [4.78, 5) is 27.9. The van der Waals surface area contributed by atoms with Gasteiger partial charge in [-0.25, -0.2) is 9.78 Å². The Morgan fingerprint density at radius 2 is 2.24 bits per heavy atom. The van der Waals surface area contributed by atoms with Crippen molar-refractivity contribution in [3.8, 4) is 0 Å². The van der Waals surface area contributed by atoms with Crippen LogP contribution in [-0.2, 0) is 4.74 Å². The zero-order chi connectivity index (χ0) is 15.4. The third kappa shape index (κ3) is 3.64. The van der Waals surface area contributed by atoms with Crippen molar-refractivity contribution in [3.63, 3.8) is 0 Å². The number of thiocarbonyl (C=S) groups is 1. The zero-order valence-corrected chi connectivity index (χ0v) is 12.8. The van der Waals surface area contributed by atoms with Crippen molar-refractivity contribution < 1.29 is 18.7 Å². The molecule has 2 heterocycles. The van der Waals surface area contributed by atoms with Gasteiger partial charge in [-0.2, -0.15) is 0 Å². The maximum absolute atomic E-state index is 11.7. The third-order valence-corrected chi connectivity index (χ3v) is 3.46. The molecule has 7 nitrogen and oxygen atoms in total. The number of ether oxygens (including phenoxy) is 1. The predicted molar refractivity (Wildman–Crippen MR) is 80.6 cm³/mol. The minimum atomic E-state index is -0.526. The van der Waals surface area contributed by atoms with Gasteiger partial charge in [0.1, 0.15) is 0 Å². The fourth-order valence-electron chi connectivity index (χ4n) is 1.44. The predicted octanol–water partition coefficient (Wildman–Crippen LogP) is 1.96. The number of carbonyl (C=O) groups excluding carboxylic acids is 2. The summed E-state index contributed by atoms with van der Waals surface area (Å²) in [6.45, 7) is 1.74. The molecule has 1 amide bonds. The SMILES string of the molecule is COC(=O)c1nc(NC(=S)NC(=O)c2ccco2)sc1C. The Bertz CT molecular complexity index is 679. The smallest absolute Gasteiger partial charge is 0.357 e. The Labute approximate surface area is 129 Å². The minimum Gasteiger partial charge on any atom is -0.464 e. The lowest BCUT2D eigenvalue weighted by molar-refractivity contribution is 0.0594. The van der Waals surface area contributed by atoms with Crippen LogP contribution < -0.4 is 10.6 Å². The van der Waals surface area contributed by atoms with Crippen LogP contribution in [0.15, 0.2) is 22.8 Å². The lowest BCUT2D eigenvalue weighted by atomic mass is 10.4. The van der Waals surface area contributed by atoms with Crippen LogP contribution in [0.5, 0.6) is 0 Å². The monoisotopic (exact) mass is 325 g/mol. The molecule has 0 atom stereocenters. The zero-order valence-electron chi connectivity index (χ0n) is 11.1. The summed E-state index contributed by atoms with van der Waals surface area (Å²) in [5, 5.41) is 5.62. The van der Waals surface area contributed by atoms with Crippen LogP contribution in [-0.4, -0.2) is 29.1 Å². The van der Waals surface area contributed by atoms with Gasteiger partial charge >= 0.3 is 5.97 Å². The molecule has 0 aliphatic rings. The van der Waals surface area contributed by atoms with Gasteiger partial charge in [0.25, 0.3) is 5.91 Å². The van der Waals surface area contributed by atoms with E-state index in [9.17, 15) is 9.59 Å². The van der Waals surface area contributed by atoms with E-state index in [4.69, 9.17) is 16.6 Å². The molecule has 0 unspecified atom stereocenters. The van der Waals surface area contributed by atoms with Gasteiger partial charge in [-0.1, -0.05) is 0 Å². The second-order valence-electron chi connectivity index (χ2n) is 3.80. The number of methoxy groups -OCH3 is 1. The van der Waals surface area contributed by atoms with Crippen molar-refractivity contribution >= 4 is 45.7 Å². The van der Waals surface area contributed by atoms with E-state index in [1.807, 2.05) is 0 Å². The highest BCUT2D eigenvalue weighted by Gasteiger charge is 2.17. The molecule has 0 fully saturated rings. The molecule has 9 heteroatoms. The molecule has 0 saturated carbocycles. The fourth-order valence-corrected chi connectivity index (χ4v) is 2.50. The highest BCUT2D eigenvalue weighted by atomic mass is 32.1. The van der Waals surface area contributed by atoms with Crippen LogP contribution in [0.4, 0.5) is 5.13 Å². The molecule has 2 N–H and O–H groups in total. The maximum atomic E-state index is 11.7. The number of anilines is 1. The van der Waals surface area contributed by atoms with Crippen LogP contribution in [0, 0.1) is 6.92 Å². The summed E-state index contributed by atoms with van der Waals surface area (Å²) in [5.41, 5.74) is 0.213. The fraction of sp³-hybridized carbons (Fsp3) is 0.167. The maximum Gasteiger partial charge on any atom is 0.357 e. The lowest BCUT2D eigenvalue weighted by Gasteiger charge is -2.05. The van der Waals surface area contributed by atoms with Crippen molar-refractivity contribution in [3.05, 3.63) is 34.7 Å². The van der Waals surface area contributed by atoms with Crippen molar-refractivity contribution in [2.75, 3.05) is 12.4 Å². The van der Waals surface area contributed by atoms with Gasteiger partial charge in [0.05, 0.1) is 13.4 Å². The lowest BCUT2D eigenvalue weighted by Crippen LogP contribution is -2.33. The molecule has 0 aromatic carbocycles. The molecule has 110 valence electrons. The second-order valence-corrected chi connectivity index (χ2v) is 5.41. The topological polar surface area (TPSA) is 93.5 Å². The van der Waals surface area contributed by atoms with Crippen molar-refractivity contribution in [1.82, 2.24) is 10.3 Å². The number of carbonyl (C=O) groups is 2. The number of furan rings is 1. The number of aryl methyl sites for hydroxylation is 1. The molecule has 0 radical (unpaired) electrons. The molecule has 2 aromatic rings. The Morgan fingerprint density at radius 1 is 1.48 bits per heavy atom. The average Bonchev–Trinajstić information content (AvgIpc) is 3.07. The van der Waals surface area contributed by atoms with E-state index in [2.05, 4.69) is 20.4 Å². The van der Waals surface area contributed by atoms with E-state index in [-0.39, 0.29) is 16.6 Å². The first-order chi connectivity index (χ1) is 10.0. The van der Waals surface area contributed by atoms with Crippen LogP contribution in [0.3, 0.4) is 0 Å². The van der Waals surface area contributed by atoms with Crippen LogP contribution in [0.25, 0.3) is 0 Å². The summed E-state index contributed by atoms with van der Waals surface area (Å²) >= 11 is 6.22. The number of hydrogen-bond donors (Lipinski definition) is 2. The number of amides is 1. The van der Waals surface area contributed by atoms with Gasteiger partial charge in [-0.3, -0.25) is 10.1 Å². The molecule has 0 aliphatic carbocycles. The first kappa shape index (κ1) is 15.1. The van der Waals surface area contributed by atoms with Crippen LogP contribution in [0.1, 0.15) is 25.9 Å². The Kier molecular flexibility index (Phi) is 4.66. The van der Waals surface area contributed by atoms with Crippen molar-refractivity contribution in [2.24, 2.45) is 0 Å². The van der Waals surface area contributed by atoms with E-state index >= 15 is 0 Å². The Hall–Kier alpha value is -2.26. The third-order valence-electron chi connectivity index (χ3n) is 2.37. The Morgan fingerprint density at radius 3 is 2.86 bits per heavy atom. The molecular formula is C12H11N3O4S2. The quantitative estimate of drug-likeness (QED) is 0.658. The number of aromatic nitrogens is 1. The van der Waals surface area contributed by atoms with Gasteiger partial charge < -0.3 is 14.5 Å². The number of thiazole rings is 1. The molecule has 0 saturated heterocycles. The number of esters is 1. The number of hydrogen-bond acceptors (Lipinski definition) is 7. The molecule has 21 heavy (non-hydrogen) atoms. The standard InChI is InChI=1S/C12H11N3O4S2/c1-6-8(10(17)18-2)13-12(21-6)15-11(20)14-9(16)7-4-3-5-19-7/h3-5H,1-2H3,(H2,13,14,15,16,20). The summed E-state index contributed by atoms with van der Waals surface area (Å²) in [6.07, 6.45) is 1.39. The molecule has 2 rings (SSSR count). The van der Waals surface area contributed by atoms with Crippen LogP contribution >= 0.6 is 23.6 Å². The normalized spacial score (nSPS) is 10.0. The first-order valence-electron chi connectivity index (χ1n) is 5.73. The van der Waals surface area contributed by atoms with Gasteiger partial charge in [-0.05, 0) is 31.3 Å². The average molecular weight is 325 g/mol. The number of nitrogens with zero attached hydrogens (tertiary/aromatic N) is 1.